The average molecular weight is 817 g/mol. The SMILES string of the molecule is c1ccc(-n2c3ccccc3c3c(-c4ccc(N(c5ccc(-n6c7ccccc7c7ccccc76)cc5)c5ccc(-n6c7ccccc7c7ccccc76)cc5)cc4)cccc32)cc1. The van der Waals surface area contributed by atoms with Crippen LogP contribution in [0.4, 0.5) is 17.1 Å². The van der Waals surface area contributed by atoms with Crippen LogP contribution in [0, 0.1) is 0 Å². The first-order valence-electron chi connectivity index (χ1n) is 21.9. The molecule has 13 rings (SSSR count). The van der Waals surface area contributed by atoms with Crippen LogP contribution in [-0.4, -0.2) is 13.7 Å². The minimum Gasteiger partial charge on any atom is -0.311 e. The lowest BCUT2D eigenvalue weighted by molar-refractivity contribution is 1.17. The largest absolute Gasteiger partial charge is 0.311 e. The molecule has 4 nitrogen and oxygen atoms in total. The van der Waals surface area contributed by atoms with E-state index < -0.39 is 0 Å². The zero-order valence-corrected chi connectivity index (χ0v) is 34.9. The molecule has 0 amide bonds. The fourth-order valence-electron chi connectivity index (χ4n) is 10.3. The van der Waals surface area contributed by atoms with Gasteiger partial charge in [0.2, 0.25) is 0 Å². The Morgan fingerprint density at radius 1 is 0.234 bits per heavy atom. The van der Waals surface area contributed by atoms with Gasteiger partial charge in [0.1, 0.15) is 0 Å². The van der Waals surface area contributed by atoms with Crippen LogP contribution in [0.25, 0.3) is 93.6 Å². The topological polar surface area (TPSA) is 18.0 Å². The summed E-state index contributed by atoms with van der Waals surface area (Å²) in [7, 11) is 0. The standard InChI is InChI=1S/C60H40N4/c1-2-15-42(16-3-1)64-58-27-13-8-21-53(58)60-48(22-14-28-59(60)64)41-29-31-43(32-30-41)61(44-33-37-46(38-34-44)62-54-23-9-4-17-49(54)50-18-5-10-24-55(50)62)45-35-39-47(40-36-45)63-56-25-11-6-19-51(56)52-20-7-12-26-57(52)63/h1-40H. The Morgan fingerprint density at radius 3 is 1.02 bits per heavy atom. The highest BCUT2D eigenvalue weighted by Gasteiger charge is 2.19. The van der Waals surface area contributed by atoms with Gasteiger partial charge in [-0.25, -0.2) is 0 Å². The molecule has 0 unspecified atom stereocenters. The molecule has 0 saturated carbocycles. The van der Waals surface area contributed by atoms with Crippen LogP contribution in [0.1, 0.15) is 0 Å². The summed E-state index contributed by atoms with van der Waals surface area (Å²) in [5.41, 5.74) is 16.2. The molecule has 0 spiro atoms. The molecule has 0 fully saturated rings. The molecule has 0 aliphatic carbocycles. The van der Waals surface area contributed by atoms with Crippen molar-refractivity contribution in [2.24, 2.45) is 0 Å². The fraction of sp³-hybridized carbons (Fsp3) is 0. The zero-order chi connectivity index (χ0) is 42.1. The molecular weight excluding hydrogens is 777 g/mol. The van der Waals surface area contributed by atoms with E-state index in [1.54, 1.807) is 0 Å². The summed E-state index contributed by atoms with van der Waals surface area (Å²) in [4.78, 5) is 2.37. The van der Waals surface area contributed by atoms with E-state index in [0.717, 1.165) is 34.1 Å². The van der Waals surface area contributed by atoms with Crippen molar-refractivity contribution in [2.75, 3.05) is 4.90 Å². The number of benzene rings is 10. The summed E-state index contributed by atoms with van der Waals surface area (Å²) in [5, 5.41) is 7.53. The number of aromatic nitrogens is 3. The zero-order valence-electron chi connectivity index (χ0n) is 34.9. The molecule has 0 atom stereocenters. The van der Waals surface area contributed by atoms with Gasteiger partial charge in [0.15, 0.2) is 0 Å². The van der Waals surface area contributed by atoms with Gasteiger partial charge in [-0.3, -0.25) is 0 Å². The first-order valence-corrected chi connectivity index (χ1v) is 21.9. The van der Waals surface area contributed by atoms with Gasteiger partial charge in [0, 0.05) is 66.4 Å². The summed E-state index contributed by atoms with van der Waals surface area (Å²) in [5.74, 6) is 0. The molecule has 3 aromatic heterocycles. The van der Waals surface area contributed by atoms with E-state index in [9.17, 15) is 0 Å². The molecule has 13 aromatic rings. The number of hydrogen-bond donors (Lipinski definition) is 0. The Morgan fingerprint density at radius 2 is 0.562 bits per heavy atom. The lowest BCUT2D eigenvalue weighted by Crippen LogP contribution is -2.10. The highest BCUT2D eigenvalue weighted by Crippen LogP contribution is 2.42. The van der Waals surface area contributed by atoms with E-state index in [1.165, 1.54) is 76.5 Å². The van der Waals surface area contributed by atoms with E-state index in [4.69, 9.17) is 0 Å². The Hall–Kier alpha value is -8.60. The maximum atomic E-state index is 2.39. The predicted octanol–water partition coefficient (Wildman–Crippen LogP) is 16.1. The van der Waals surface area contributed by atoms with E-state index >= 15 is 0 Å². The predicted molar refractivity (Wildman–Crippen MR) is 270 cm³/mol. The fourth-order valence-corrected chi connectivity index (χ4v) is 10.3. The van der Waals surface area contributed by atoms with Crippen LogP contribution in [0.2, 0.25) is 0 Å². The van der Waals surface area contributed by atoms with Gasteiger partial charge in [0.05, 0.1) is 33.1 Å². The molecular formula is C60H40N4. The summed E-state index contributed by atoms with van der Waals surface area (Å²) >= 11 is 0. The Bertz CT molecular complexity index is 3610. The number of rotatable bonds is 7. The van der Waals surface area contributed by atoms with Crippen LogP contribution in [-0.2, 0) is 0 Å². The molecule has 0 N–H and O–H groups in total. The van der Waals surface area contributed by atoms with E-state index in [2.05, 4.69) is 261 Å². The Labute approximate surface area is 370 Å². The summed E-state index contributed by atoms with van der Waals surface area (Å²) < 4.78 is 7.14. The van der Waals surface area contributed by atoms with Gasteiger partial charge >= 0.3 is 0 Å². The number of para-hydroxylation sites is 6. The smallest absolute Gasteiger partial charge is 0.0547 e. The summed E-state index contributed by atoms with van der Waals surface area (Å²) in [6.45, 7) is 0. The highest BCUT2D eigenvalue weighted by atomic mass is 15.1. The normalized spacial score (nSPS) is 11.8. The van der Waals surface area contributed by atoms with Crippen molar-refractivity contribution in [3.8, 4) is 28.2 Å². The van der Waals surface area contributed by atoms with Crippen molar-refractivity contribution in [2.45, 2.75) is 0 Å². The molecule has 0 aliphatic heterocycles. The minimum atomic E-state index is 1.08. The molecule has 300 valence electrons. The molecule has 4 heteroatoms. The van der Waals surface area contributed by atoms with Crippen molar-refractivity contribution in [3.63, 3.8) is 0 Å². The average Bonchev–Trinajstić information content (AvgIpc) is 4.01. The van der Waals surface area contributed by atoms with Crippen LogP contribution in [0.5, 0.6) is 0 Å². The van der Waals surface area contributed by atoms with Crippen molar-refractivity contribution in [1.29, 1.82) is 0 Å². The van der Waals surface area contributed by atoms with E-state index in [-0.39, 0.29) is 0 Å². The third-order valence-electron chi connectivity index (χ3n) is 13.0. The lowest BCUT2D eigenvalue weighted by atomic mass is 9.99. The molecule has 0 bridgehead atoms. The van der Waals surface area contributed by atoms with Gasteiger partial charge in [0.25, 0.3) is 0 Å². The quantitative estimate of drug-likeness (QED) is 0.157. The highest BCUT2D eigenvalue weighted by molar-refractivity contribution is 6.16. The van der Waals surface area contributed by atoms with Crippen molar-refractivity contribution < 1.29 is 0 Å². The molecule has 64 heavy (non-hydrogen) atoms. The third-order valence-corrected chi connectivity index (χ3v) is 13.0. The maximum Gasteiger partial charge on any atom is 0.0547 e. The lowest BCUT2D eigenvalue weighted by Gasteiger charge is -2.26. The van der Waals surface area contributed by atoms with Crippen LogP contribution in [0.3, 0.4) is 0 Å². The van der Waals surface area contributed by atoms with Gasteiger partial charge < -0.3 is 18.6 Å². The van der Waals surface area contributed by atoms with Crippen LogP contribution in [0.15, 0.2) is 243 Å². The molecule has 10 aromatic carbocycles. The number of hydrogen-bond acceptors (Lipinski definition) is 1. The van der Waals surface area contributed by atoms with Crippen LogP contribution < -0.4 is 4.90 Å². The second-order valence-corrected chi connectivity index (χ2v) is 16.5. The first kappa shape index (κ1) is 36.1. The third kappa shape index (κ3) is 5.56. The number of nitrogens with zero attached hydrogens (tertiary/aromatic N) is 4. The first-order chi connectivity index (χ1) is 31.8. The van der Waals surface area contributed by atoms with Crippen molar-refractivity contribution >= 4 is 82.5 Å². The summed E-state index contributed by atoms with van der Waals surface area (Å²) in [6.07, 6.45) is 0. The summed E-state index contributed by atoms with van der Waals surface area (Å²) in [6, 6.07) is 88.1. The van der Waals surface area contributed by atoms with Crippen molar-refractivity contribution in [1.82, 2.24) is 13.7 Å². The second-order valence-electron chi connectivity index (χ2n) is 16.5. The Balaban J connectivity index is 0.945. The molecule has 0 saturated heterocycles. The van der Waals surface area contributed by atoms with Gasteiger partial charge in [-0.1, -0.05) is 133 Å². The monoisotopic (exact) mass is 816 g/mol. The number of fused-ring (bicyclic) bond motifs is 9. The van der Waals surface area contributed by atoms with Gasteiger partial charge in [-0.05, 0) is 120 Å². The Kier molecular flexibility index (Phi) is 8.18. The van der Waals surface area contributed by atoms with Crippen LogP contribution >= 0.6 is 0 Å². The molecule has 0 radical (unpaired) electrons. The van der Waals surface area contributed by atoms with Gasteiger partial charge in [-0.15, -0.1) is 0 Å². The van der Waals surface area contributed by atoms with Crippen molar-refractivity contribution in [3.05, 3.63) is 243 Å². The second kappa shape index (κ2) is 14.5. The molecule has 0 aliphatic rings. The molecule has 3 heterocycles. The number of anilines is 3. The van der Waals surface area contributed by atoms with E-state index in [0.29, 0.717) is 0 Å². The van der Waals surface area contributed by atoms with E-state index in [1.807, 2.05) is 0 Å². The van der Waals surface area contributed by atoms with Gasteiger partial charge in [-0.2, -0.15) is 0 Å². The maximum absolute atomic E-state index is 2.39. The minimum absolute atomic E-state index is 1.08.